The molecule has 1 unspecified atom stereocenters. The Morgan fingerprint density at radius 3 is 2.38 bits per heavy atom. The summed E-state index contributed by atoms with van der Waals surface area (Å²) in [5.74, 6) is -1.39. The number of carbonyl (C=O) groups is 5. The monoisotopic (exact) mass is 830 g/mol. The quantitative estimate of drug-likeness (QED) is 0.0734. The zero-order chi connectivity index (χ0) is 42.4. The number of imide groups is 1. The summed E-state index contributed by atoms with van der Waals surface area (Å²) < 4.78 is 54.0. The fraction of sp³-hybridized carbons (Fsp3) is 0.381. The van der Waals surface area contributed by atoms with Crippen LogP contribution in [0.3, 0.4) is 0 Å². The van der Waals surface area contributed by atoms with Crippen LogP contribution in [0.2, 0.25) is 0 Å². The van der Waals surface area contributed by atoms with Gasteiger partial charge in [0.25, 0.3) is 11.8 Å². The number of hydrogen-bond donors (Lipinski definition) is 4. The van der Waals surface area contributed by atoms with Gasteiger partial charge in [-0.05, 0) is 73.9 Å². The number of aromatic nitrogens is 3. The maximum atomic E-state index is 13.2. The van der Waals surface area contributed by atoms with Crippen molar-refractivity contribution in [1.29, 1.82) is 0 Å². The van der Waals surface area contributed by atoms with E-state index in [4.69, 9.17) is 9.47 Å². The summed E-state index contributed by atoms with van der Waals surface area (Å²) in [5.41, 5.74) is 3.61. The molecule has 4 N–H and O–H groups in total. The summed E-state index contributed by atoms with van der Waals surface area (Å²) in [7, 11) is 1.75. The highest BCUT2D eigenvalue weighted by atomic mass is 19.4. The summed E-state index contributed by atoms with van der Waals surface area (Å²) in [4.78, 5) is 63.8. The molecule has 0 spiro atoms. The Morgan fingerprint density at radius 2 is 1.65 bits per heavy atom. The van der Waals surface area contributed by atoms with E-state index >= 15 is 0 Å². The van der Waals surface area contributed by atoms with Crippen LogP contribution in [0.4, 0.5) is 18.9 Å². The van der Waals surface area contributed by atoms with Crippen LogP contribution in [0.15, 0.2) is 66.9 Å². The number of unbranched alkanes of at least 4 members (excludes halogenated alkanes) is 1. The first-order valence-electron chi connectivity index (χ1n) is 19.8. The molecule has 1 saturated heterocycles. The Labute approximate surface area is 342 Å². The van der Waals surface area contributed by atoms with Gasteiger partial charge in [0.2, 0.25) is 17.7 Å². The number of fused-ring (bicyclic) bond motifs is 4. The van der Waals surface area contributed by atoms with Crippen molar-refractivity contribution in [2.75, 3.05) is 51.4 Å². The number of ether oxygens (including phenoxy) is 2. The molecule has 60 heavy (non-hydrogen) atoms. The maximum absolute atomic E-state index is 13.2. The summed E-state index contributed by atoms with van der Waals surface area (Å²) in [6.45, 7) is 2.67. The molecule has 15 nitrogen and oxygen atoms in total. The second kappa shape index (κ2) is 18.3. The lowest BCUT2D eigenvalue weighted by molar-refractivity contribution is -0.138. The third kappa shape index (κ3) is 9.44. The van der Waals surface area contributed by atoms with Gasteiger partial charge < -0.3 is 30.3 Å². The van der Waals surface area contributed by atoms with Gasteiger partial charge in [-0.25, -0.2) is 0 Å². The van der Waals surface area contributed by atoms with Crippen molar-refractivity contribution in [3.8, 4) is 5.69 Å². The Bertz CT molecular complexity index is 2410. The Hall–Kier alpha value is -6.27. The van der Waals surface area contributed by atoms with Crippen LogP contribution in [-0.4, -0.2) is 101 Å². The van der Waals surface area contributed by atoms with E-state index in [1.807, 2.05) is 6.07 Å². The summed E-state index contributed by atoms with van der Waals surface area (Å²) in [5, 5.41) is 17.4. The highest BCUT2D eigenvalue weighted by Gasteiger charge is 2.40. The van der Waals surface area contributed by atoms with Crippen LogP contribution in [-0.2, 0) is 43.6 Å². The number of amides is 5. The number of piperidine rings is 1. The molecule has 1 fully saturated rings. The third-order valence-corrected chi connectivity index (χ3v) is 10.5. The van der Waals surface area contributed by atoms with Gasteiger partial charge in [-0.15, -0.1) is 0 Å². The van der Waals surface area contributed by atoms with E-state index in [9.17, 15) is 37.1 Å². The number of carbonyl (C=O) groups excluding carboxylic acids is 5. The Balaban J connectivity index is 0.748. The molecule has 7 rings (SSSR count). The molecule has 3 aromatic carbocycles. The van der Waals surface area contributed by atoms with Crippen LogP contribution in [0.1, 0.15) is 63.9 Å². The molecule has 1 atom stereocenters. The van der Waals surface area contributed by atoms with E-state index in [-0.39, 0.29) is 49.7 Å². The Kier molecular flexibility index (Phi) is 12.8. The molecular formula is C42H45F3N8O7. The first-order valence-corrected chi connectivity index (χ1v) is 19.8. The number of alkyl halides is 3. The summed E-state index contributed by atoms with van der Waals surface area (Å²) in [6, 6.07) is 14.8. The average molecular weight is 831 g/mol. The Morgan fingerprint density at radius 1 is 0.900 bits per heavy atom. The molecule has 2 aliphatic heterocycles. The number of nitrogens with one attached hydrogen (secondary N) is 4. The van der Waals surface area contributed by atoms with E-state index in [1.165, 1.54) is 17.0 Å². The average Bonchev–Trinajstić information content (AvgIpc) is 3.86. The summed E-state index contributed by atoms with van der Waals surface area (Å²) >= 11 is 0. The maximum Gasteiger partial charge on any atom is 0.416 e. The predicted octanol–water partition coefficient (Wildman–Crippen LogP) is 4.46. The first-order chi connectivity index (χ1) is 28.9. The van der Waals surface area contributed by atoms with Crippen molar-refractivity contribution in [2.24, 2.45) is 7.05 Å². The smallest absolute Gasteiger partial charge is 0.385 e. The van der Waals surface area contributed by atoms with Gasteiger partial charge >= 0.3 is 6.18 Å². The lowest BCUT2D eigenvalue weighted by Gasteiger charge is -2.29. The molecule has 0 bridgehead atoms. The van der Waals surface area contributed by atoms with Gasteiger partial charge in [0.15, 0.2) is 5.65 Å². The van der Waals surface area contributed by atoms with Crippen molar-refractivity contribution < 1.29 is 46.6 Å². The number of aryl methyl sites for hydroxylation is 1. The fourth-order valence-corrected chi connectivity index (χ4v) is 7.49. The second-order valence-corrected chi connectivity index (χ2v) is 14.6. The number of benzene rings is 3. The van der Waals surface area contributed by atoms with Crippen LogP contribution < -0.4 is 21.3 Å². The predicted molar refractivity (Wildman–Crippen MR) is 214 cm³/mol. The minimum absolute atomic E-state index is 0.0857. The van der Waals surface area contributed by atoms with E-state index in [0.29, 0.717) is 80.2 Å². The van der Waals surface area contributed by atoms with Crippen LogP contribution in [0, 0.1) is 0 Å². The van der Waals surface area contributed by atoms with E-state index in [0.717, 1.165) is 40.6 Å². The minimum atomic E-state index is -4.45. The standard InChI is InChI=1S/C42H45F3N8O7/c1-51-24-32-30-23-26(8-13-34(30)53(38(32)50-51)28-11-9-27(10-12-28)42(43,44)45)39(56)48-18-20-60-22-21-59-19-17-47-36(54)7-2-3-16-46-33-6-4-5-29-31(33)25-52(41(29)58)35-14-15-37(55)49-40(35)57/h4-6,8-13,23-24,35,46H,2-3,7,14-22,25H2,1H3,(H,47,54)(H,48,56)(H,49,55,57). The van der Waals surface area contributed by atoms with E-state index in [1.54, 1.807) is 52.8 Å². The van der Waals surface area contributed by atoms with Gasteiger partial charge in [-0.1, -0.05) is 6.07 Å². The number of rotatable bonds is 18. The highest BCUT2D eigenvalue weighted by Crippen LogP contribution is 2.35. The number of hydrogen-bond acceptors (Lipinski definition) is 9. The van der Waals surface area contributed by atoms with Crippen molar-refractivity contribution in [3.05, 3.63) is 89.1 Å². The lowest BCUT2D eigenvalue weighted by atomic mass is 10.0. The van der Waals surface area contributed by atoms with Crippen LogP contribution >= 0.6 is 0 Å². The third-order valence-electron chi connectivity index (χ3n) is 10.5. The van der Waals surface area contributed by atoms with Crippen molar-refractivity contribution in [1.82, 2.24) is 35.2 Å². The second-order valence-electron chi connectivity index (χ2n) is 14.6. The van der Waals surface area contributed by atoms with Crippen LogP contribution in [0.5, 0.6) is 0 Å². The van der Waals surface area contributed by atoms with Gasteiger partial charge in [-0.2, -0.15) is 18.3 Å². The molecule has 18 heteroatoms. The number of anilines is 1. The molecule has 0 aliphatic carbocycles. The molecule has 2 aromatic heterocycles. The number of nitrogens with zero attached hydrogens (tertiary/aromatic N) is 4. The lowest BCUT2D eigenvalue weighted by Crippen LogP contribution is -2.52. The van der Waals surface area contributed by atoms with E-state index < -0.39 is 23.7 Å². The van der Waals surface area contributed by atoms with Gasteiger partial charge in [0, 0.05) is 91.1 Å². The molecule has 0 radical (unpaired) electrons. The number of halogens is 3. The largest absolute Gasteiger partial charge is 0.416 e. The molecule has 2 aliphatic rings. The van der Waals surface area contributed by atoms with Crippen molar-refractivity contribution in [2.45, 2.75) is 50.9 Å². The molecule has 5 amide bonds. The van der Waals surface area contributed by atoms with Crippen LogP contribution in [0.25, 0.3) is 27.6 Å². The normalized spacial score (nSPS) is 15.4. The molecule has 316 valence electrons. The van der Waals surface area contributed by atoms with E-state index in [2.05, 4.69) is 26.4 Å². The molecule has 0 saturated carbocycles. The SMILES string of the molecule is Cn1cc2c3cc(C(=O)NCCOCCOCCNC(=O)CCCCNc4cccc5c4CN(C4CCC(=O)NC4=O)C5=O)ccc3n(-c3ccc(C(F)(F)F)cc3)c2n1. The topological polar surface area (TPSA) is 178 Å². The summed E-state index contributed by atoms with van der Waals surface area (Å²) in [6.07, 6.45) is -0.413. The van der Waals surface area contributed by atoms with Crippen molar-refractivity contribution >= 4 is 57.2 Å². The molecular weight excluding hydrogens is 786 g/mol. The minimum Gasteiger partial charge on any atom is -0.385 e. The van der Waals surface area contributed by atoms with Crippen molar-refractivity contribution in [3.63, 3.8) is 0 Å². The zero-order valence-electron chi connectivity index (χ0n) is 32.9. The van der Waals surface area contributed by atoms with Gasteiger partial charge in [-0.3, -0.25) is 38.5 Å². The first kappa shape index (κ1) is 41.9. The fourth-order valence-electron chi connectivity index (χ4n) is 7.49. The molecule has 5 aromatic rings. The van der Waals surface area contributed by atoms with Gasteiger partial charge in [0.05, 0.1) is 37.5 Å². The van der Waals surface area contributed by atoms with Gasteiger partial charge in [0.1, 0.15) is 6.04 Å². The highest BCUT2D eigenvalue weighted by molar-refractivity contribution is 6.10. The zero-order valence-corrected chi connectivity index (χ0v) is 32.9. The molecule has 4 heterocycles.